The Morgan fingerprint density at radius 3 is 1.18 bits per heavy atom. The topological polar surface area (TPSA) is 67.2 Å². The first kappa shape index (κ1) is 33.5. The SMILES string of the molecule is Cc1c(C)c(C)c2c(c1C)C1=[N+]3C2N=c2c4c(C)c(C)c(C)c(C)c4c4n2[C@]32n3c(c5c(C)c(C)c(C)c(C)c5c3N=4)N=c3c4c(C)c(C)c(C)c(C)c4c(n32)=N1. The minimum absolute atomic E-state index is 0.318. The standard InChI is InChI=1S/C49H49N8/c1-17-18(2)26(10)34-33(25(17)9)41-50-43-35-27(11)19(3)20(4)28(12)36(35)45-52-47-39-31(15)23(7)24(8)32(16)40(39)48-53-46-38-30(14)22(6)21(5)29(13)37(38)44-51-42(34)54(41)49(55(43)45,56(44)46)57(47)48/h41H,1-16H3/q+1/t41?,49-/m1/s1. The van der Waals surface area contributed by atoms with E-state index in [2.05, 4.69) is 129 Å². The Bertz CT molecular complexity index is 3590. The first-order chi connectivity index (χ1) is 27.0. The van der Waals surface area contributed by atoms with Crippen LogP contribution in [0.1, 0.15) is 106 Å². The van der Waals surface area contributed by atoms with E-state index < -0.39 is 5.91 Å². The van der Waals surface area contributed by atoms with Crippen LogP contribution >= 0.6 is 0 Å². The predicted molar refractivity (Wildman–Crippen MR) is 228 cm³/mol. The number of hydrogen-bond donors (Lipinski definition) is 0. The van der Waals surface area contributed by atoms with Crippen molar-refractivity contribution in [2.45, 2.75) is 123 Å². The zero-order valence-electron chi connectivity index (χ0n) is 36.2. The molecule has 8 nitrogen and oxygen atoms in total. The molecule has 8 heteroatoms. The van der Waals surface area contributed by atoms with E-state index >= 15 is 0 Å². The maximum Gasteiger partial charge on any atom is 0.373 e. The summed E-state index contributed by atoms with van der Waals surface area (Å²) in [6, 6.07) is 0. The molecule has 0 N–H and O–H groups in total. The molecular weight excluding hydrogens is 701 g/mol. The molecule has 3 aromatic heterocycles. The minimum atomic E-state index is -0.994. The minimum Gasteiger partial charge on any atom is -0.228 e. The van der Waals surface area contributed by atoms with Crippen LogP contribution in [0.3, 0.4) is 0 Å². The van der Waals surface area contributed by atoms with Gasteiger partial charge in [-0.2, -0.15) is 4.58 Å². The van der Waals surface area contributed by atoms with Gasteiger partial charge < -0.3 is 0 Å². The zero-order valence-corrected chi connectivity index (χ0v) is 36.2. The molecule has 4 aromatic carbocycles. The van der Waals surface area contributed by atoms with Crippen molar-refractivity contribution in [1.29, 1.82) is 0 Å². The molecule has 1 unspecified atom stereocenters. The van der Waals surface area contributed by atoms with Crippen LogP contribution in [0.5, 0.6) is 0 Å². The average molecular weight is 750 g/mol. The fourth-order valence-corrected chi connectivity index (χ4v) is 12.0. The Morgan fingerprint density at radius 2 is 0.719 bits per heavy atom. The van der Waals surface area contributed by atoms with Gasteiger partial charge >= 0.3 is 11.7 Å². The van der Waals surface area contributed by atoms with Gasteiger partial charge in [-0.25, -0.2) is 28.7 Å². The summed E-state index contributed by atoms with van der Waals surface area (Å²) >= 11 is 0. The summed E-state index contributed by atoms with van der Waals surface area (Å²) in [6.07, 6.45) is -0.318. The summed E-state index contributed by atoms with van der Waals surface area (Å²) in [5.74, 6) is 1.93. The number of aromatic nitrogens is 3. The Morgan fingerprint density at radius 1 is 0.368 bits per heavy atom. The van der Waals surface area contributed by atoms with Gasteiger partial charge in [0.15, 0.2) is 22.6 Å². The van der Waals surface area contributed by atoms with Gasteiger partial charge in [0, 0.05) is 32.5 Å². The van der Waals surface area contributed by atoms with Crippen LogP contribution in [0.15, 0.2) is 20.0 Å². The molecule has 5 aliphatic rings. The van der Waals surface area contributed by atoms with E-state index in [1.54, 1.807) is 0 Å². The molecule has 5 aliphatic heterocycles. The summed E-state index contributed by atoms with van der Waals surface area (Å²) in [5, 5.41) is 7.18. The summed E-state index contributed by atoms with van der Waals surface area (Å²) in [5.41, 5.74) is 27.1. The van der Waals surface area contributed by atoms with E-state index in [0.29, 0.717) is 0 Å². The Kier molecular flexibility index (Phi) is 5.72. The third-order valence-electron chi connectivity index (χ3n) is 16.5. The predicted octanol–water partition coefficient (Wildman–Crippen LogP) is 8.42. The molecule has 7 aromatic rings. The van der Waals surface area contributed by atoms with Gasteiger partial charge in [0.25, 0.3) is 5.49 Å². The molecule has 1 spiro atoms. The Hall–Kier alpha value is -5.63. The van der Waals surface area contributed by atoms with E-state index in [-0.39, 0.29) is 6.17 Å². The molecule has 284 valence electrons. The molecule has 0 fully saturated rings. The largest absolute Gasteiger partial charge is 0.373 e. The van der Waals surface area contributed by atoms with Gasteiger partial charge in [0.2, 0.25) is 6.17 Å². The number of hydrogen-bond acceptors (Lipinski definition) is 4. The van der Waals surface area contributed by atoms with Crippen LogP contribution < -0.4 is 22.0 Å². The van der Waals surface area contributed by atoms with Crippen molar-refractivity contribution in [3.63, 3.8) is 0 Å². The van der Waals surface area contributed by atoms with Crippen molar-refractivity contribution in [2.75, 3.05) is 0 Å². The zero-order chi connectivity index (χ0) is 40.1. The highest BCUT2D eigenvalue weighted by Gasteiger charge is 2.65. The number of nitrogens with zero attached hydrogens (tertiary/aromatic N) is 8. The molecule has 0 saturated heterocycles. The summed E-state index contributed by atoms with van der Waals surface area (Å²) < 4.78 is 10.1. The maximum absolute atomic E-state index is 5.97. The number of fused-ring (bicyclic) bond motifs is 12. The third-order valence-corrected chi connectivity index (χ3v) is 16.5. The summed E-state index contributed by atoms with van der Waals surface area (Å²) in [4.78, 5) is 23.7. The average Bonchev–Trinajstić information content (AvgIpc) is 3.92. The lowest BCUT2D eigenvalue weighted by Crippen LogP contribution is -2.72. The van der Waals surface area contributed by atoms with Gasteiger partial charge in [-0.05, 0) is 205 Å². The van der Waals surface area contributed by atoms with Crippen LogP contribution in [-0.2, 0) is 5.91 Å². The molecule has 0 amide bonds. The molecular formula is C49H49N8+. The monoisotopic (exact) mass is 749 g/mol. The quantitative estimate of drug-likeness (QED) is 0.140. The van der Waals surface area contributed by atoms with Gasteiger partial charge in [-0.3, -0.25) is 0 Å². The molecule has 0 radical (unpaired) electrons. The van der Waals surface area contributed by atoms with Gasteiger partial charge in [0.05, 0.1) is 10.9 Å². The van der Waals surface area contributed by atoms with Crippen LogP contribution in [-0.4, -0.2) is 24.1 Å². The number of amidine groups is 1. The van der Waals surface area contributed by atoms with Crippen molar-refractivity contribution in [1.82, 2.24) is 13.7 Å². The molecule has 12 rings (SSSR count). The second-order valence-corrected chi connectivity index (χ2v) is 18.1. The second kappa shape index (κ2) is 9.72. The van der Waals surface area contributed by atoms with Crippen molar-refractivity contribution in [2.24, 2.45) is 20.0 Å². The molecule has 0 aliphatic carbocycles. The second-order valence-electron chi connectivity index (χ2n) is 18.1. The van der Waals surface area contributed by atoms with Crippen molar-refractivity contribution in [3.05, 3.63) is 122 Å². The number of aryl methyl sites for hydroxylation is 6. The summed E-state index contributed by atoms with van der Waals surface area (Å²) in [6.45, 7) is 36.5. The number of rotatable bonds is 0. The van der Waals surface area contributed by atoms with E-state index in [0.717, 1.165) is 39.4 Å². The first-order valence-electron chi connectivity index (χ1n) is 20.6. The Labute approximate surface area is 331 Å². The van der Waals surface area contributed by atoms with Crippen LogP contribution in [0.2, 0.25) is 0 Å². The van der Waals surface area contributed by atoms with Gasteiger partial charge in [-0.15, -0.1) is 0 Å². The van der Waals surface area contributed by atoms with E-state index in [4.69, 9.17) is 20.0 Å². The van der Waals surface area contributed by atoms with E-state index in [1.807, 2.05) is 0 Å². The fraction of sp³-hybridized carbons (Fsp3) is 0.367. The van der Waals surface area contributed by atoms with Crippen molar-refractivity contribution < 1.29 is 4.58 Å². The van der Waals surface area contributed by atoms with Crippen LogP contribution in [0.25, 0.3) is 32.3 Å². The third kappa shape index (κ3) is 3.12. The van der Waals surface area contributed by atoms with Crippen LogP contribution in [0.4, 0.5) is 11.6 Å². The number of benzene rings is 4. The summed E-state index contributed by atoms with van der Waals surface area (Å²) in [7, 11) is 0. The fourth-order valence-electron chi connectivity index (χ4n) is 12.0. The first-order valence-corrected chi connectivity index (χ1v) is 20.6. The molecule has 57 heavy (non-hydrogen) atoms. The lowest BCUT2D eigenvalue weighted by atomic mass is 9.88. The molecule has 8 heterocycles. The molecule has 0 bridgehead atoms. The van der Waals surface area contributed by atoms with Gasteiger partial charge in [0.1, 0.15) is 5.49 Å². The van der Waals surface area contributed by atoms with Gasteiger partial charge in [-0.1, -0.05) is 0 Å². The van der Waals surface area contributed by atoms with Crippen molar-refractivity contribution >= 4 is 49.8 Å². The smallest absolute Gasteiger partial charge is 0.228 e. The lowest BCUT2D eigenvalue weighted by Gasteiger charge is -2.44. The van der Waals surface area contributed by atoms with Crippen molar-refractivity contribution in [3.8, 4) is 0 Å². The molecule has 0 saturated carbocycles. The Balaban J connectivity index is 1.51. The lowest BCUT2D eigenvalue weighted by molar-refractivity contribution is -0.694. The van der Waals surface area contributed by atoms with E-state index in [1.165, 1.54) is 132 Å². The highest BCUT2D eigenvalue weighted by molar-refractivity contribution is 6.08. The maximum atomic E-state index is 5.97. The highest BCUT2D eigenvalue weighted by Crippen LogP contribution is 2.54. The van der Waals surface area contributed by atoms with E-state index in [9.17, 15) is 0 Å². The highest BCUT2D eigenvalue weighted by atomic mass is 15.7. The van der Waals surface area contributed by atoms with Crippen LogP contribution in [0, 0.1) is 111 Å². The normalized spacial score (nSPS) is 18.9. The molecule has 2 atom stereocenters.